The summed E-state index contributed by atoms with van der Waals surface area (Å²) in [5.74, 6) is 0.823. The number of aromatic nitrogens is 1. The van der Waals surface area contributed by atoms with Gasteiger partial charge in [0.2, 0.25) is 5.91 Å². The Morgan fingerprint density at radius 2 is 1.66 bits per heavy atom. The maximum Gasteiger partial charge on any atom is 0.255 e. The van der Waals surface area contributed by atoms with Gasteiger partial charge in [0, 0.05) is 18.1 Å². The number of nitrogens with one attached hydrogen (secondary N) is 1. The number of anilines is 1. The normalized spacial score (nSPS) is 10.5. The van der Waals surface area contributed by atoms with Crippen molar-refractivity contribution in [2.75, 3.05) is 33.1 Å². The molecule has 0 saturated heterocycles. The molecule has 3 rings (SSSR count). The summed E-state index contributed by atoms with van der Waals surface area (Å²) in [6, 6.07) is 14.3. The summed E-state index contributed by atoms with van der Waals surface area (Å²) < 4.78 is 10.3. The van der Waals surface area contributed by atoms with Crippen LogP contribution in [0.3, 0.4) is 0 Å². The van der Waals surface area contributed by atoms with Gasteiger partial charge >= 0.3 is 0 Å². The maximum absolute atomic E-state index is 12.9. The first kappa shape index (κ1) is 20.1. The first-order valence-corrected chi connectivity index (χ1v) is 9.06. The highest BCUT2D eigenvalue weighted by molar-refractivity contribution is 6.01. The molecule has 1 aromatic heterocycles. The largest absolute Gasteiger partial charge is 0.497 e. The van der Waals surface area contributed by atoms with E-state index in [1.54, 1.807) is 58.5 Å². The number of ether oxygens (including phenoxy) is 2. The van der Waals surface area contributed by atoms with Crippen molar-refractivity contribution in [1.82, 2.24) is 9.88 Å². The van der Waals surface area contributed by atoms with Crippen LogP contribution in [0.5, 0.6) is 11.5 Å². The van der Waals surface area contributed by atoms with Gasteiger partial charge in [-0.25, -0.2) is 0 Å². The van der Waals surface area contributed by atoms with E-state index in [9.17, 15) is 9.59 Å². The zero-order valence-corrected chi connectivity index (χ0v) is 16.9. The number of likely N-dealkylation sites (N-methyl/N-ethyl adjacent to an activating group) is 1. The Hall–Kier alpha value is -3.61. The first-order valence-electron chi connectivity index (χ1n) is 9.06. The third-order valence-corrected chi connectivity index (χ3v) is 4.54. The molecule has 29 heavy (non-hydrogen) atoms. The molecule has 0 unspecified atom stereocenters. The lowest BCUT2D eigenvalue weighted by Gasteiger charge is -2.18. The standard InChI is InChI=1S/C22H23N3O4/c1-14-19(12-15-11-18(29-4)9-10-20(15)23-14)22(27)25(2)13-21(26)24-16-5-7-17(28-3)8-6-16/h5-12H,13H2,1-4H3,(H,24,26). The average molecular weight is 393 g/mol. The average Bonchev–Trinajstić information content (AvgIpc) is 2.72. The van der Waals surface area contributed by atoms with E-state index in [2.05, 4.69) is 10.3 Å². The number of benzene rings is 2. The van der Waals surface area contributed by atoms with Gasteiger partial charge in [-0.3, -0.25) is 14.6 Å². The fourth-order valence-electron chi connectivity index (χ4n) is 2.96. The molecule has 0 aliphatic carbocycles. The van der Waals surface area contributed by atoms with Crippen LogP contribution in [-0.4, -0.2) is 49.5 Å². The second-order valence-electron chi connectivity index (χ2n) is 6.62. The van der Waals surface area contributed by atoms with E-state index < -0.39 is 0 Å². The maximum atomic E-state index is 12.9. The molecule has 7 nitrogen and oxygen atoms in total. The number of amides is 2. The number of pyridine rings is 1. The van der Waals surface area contributed by atoms with Crippen molar-refractivity contribution in [2.45, 2.75) is 6.92 Å². The predicted molar refractivity (Wildman–Crippen MR) is 112 cm³/mol. The van der Waals surface area contributed by atoms with Crippen LogP contribution in [0.15, 0.2) is 48.5 Å². The minimum Gasteiger partial charge on any atom is -0.497 e. The van der Waals surface area contributed by atoms with Crippen molar-refractivity contribution in [3.63, 3.8) is 0 Å². The number of rotatable bonds is 6. The molecule has 0 fully saturated rings. The predicted octanol–water partition coefficient (Wildman–Crippen LogP) is 3.27. The van der Waals surface area contributed by atoms with Crippen molar-refractivity contribution >= 4 is 28.4 Å². The van der Waals surface area contributed by atoms with Crippen LogP contribution in [0.25, 0.3) is 10.9 Å². The minimum atomic E-state index is -0.293. The summed E-state index contributed by atoms with van der Waals surface area (Å²) in [4.78, 5) is 31.1. The Kier molecular flexibility index (Phi) is 5.97. The second-order valence-corrected chi connectivity index (χ2v) is 6.62. The van der Waals surface area contributed by atoms with Gasteiger partial charge in [-0.2, -0.15) is 0 Å². The molecule has 0 radical (unpaired) electrons. The van der Waals surface area contributed by atoms with E-state index in [4.69, 9.17) is 9.47 Å². The Labute approximate surface area is 169 Å². The summed E-state index contributed by atoms with van der Waals surface area (Å²) in [5.41, 5.74) is 2.47. The van der Waals surface area contributed by atoms with Crippen molar-refractivity contribution < 1.29 is 19.1 Å². The summed E-state index contributed by atoms with van der Waals surface area (Å²) in [7, 11) is 4.75. The smallest absolute Gasteiger partial charge is 0.255 e. The van der Waals surface area contributed by atoms with Crippen molar-refractivity contribution in [1.29, 1.82) is 0 Å². The van der Waals surface area contributed by atoms with Gasteiger partial charge in [-0.1, -0.05) is 0 Å². The molecule has 150 valence electrons. The topological polar surface area (TPSA) is 80.8 Å². The molecule has 0 aliphatic heterocycles. The second kappa shape index (κ2) is 8.60. The van der Waals surface area contributed by atoms with E-state index in [1.165, 1.54) is 4.90 Å². The number of aryl methyl sites for hydroxylation is 1. The van der Waals surface area contributed by atoms with Crippen molar-refractivity contribution in [3.05, 3.63) is 59.8 Å². The van der Waals surface area contributed by atoms with E-state index in [0.717, 1.165) is 10.9 Å². The highest BCUT2D eigenvalue weighted by Crippen LogP contribution is 2.22. The highest BCUT2D eigenvalue weighted by atomic mass is 16.5. The zero-order chi connectivity index (χ0) is 21.0. The van der Waals surface area contributed by atoms with Crippen LogP contribution in [0.4, 0.5) is 5.69 Å². The van der Waals surface area contributed by atoms with Gasteiger partial charge in [0.15, 0.2) is 0 Å². The first-order chi connectivity index (χ1) is 13.9. The Balaban J connectivity index is 1.73. The van der Waals surface area contributed by atoms with Gasteiger partial charge in [-0.05, 0) is 55.5 Å². The van der Waals surface area contributed by atoms with Crippen LogP contribution >= 0.6 is 0 Å². The van der Waals surface area contributed by atoms with Crippen LogP contribution in [0, 0.1) is 6.92 Å². The molecule has 0 saturated carbocycles. The van der Waals surface area contributed by atoms with Gasteiger partial charge < -0.3 is 19.7 Å². The molecule has 0 atom stereocenters. The molecule has 1 heterocycles. The number of hydrogen-bond acceptors (Lipinski definition) is 5. The summed E-state index contributed by atoms with van der Waals surface area (Å²) in [5, 5.41) is 3.57. The monoisotopic (exact) mass is 393 g/mol. The lowest BCUT2D eigenvalue weighted by molar-refractivity contribution is -0.116. The Morgan fingerprint density at radius 1 is 1.00 bits per heavy atom. The Bertz CT molecular complexity index is 1050. The number of nitrogens with zero attached hydrogens (tertiary/aromatic N) is 2. The Morgan fingerprint density at radius 3 is 2.31 bits per heavy atom. The number of fused-ring (bicyclic) bond motifs is 1. The van der Waals surface area contributed by atoms with Crippen molar-refractivity contribution in [3.8, 4) is 11.5 Å². The lowest BCUT2D eigenvalue weighted by Crippen LogP contribution is -2.35. The number of hydrogen-bond donors (Lipinski definition) is 1. The van der Waals surface area contributed by atoms with E-state index in [1.807, 2.05) is 18.2 Å². The van der Waals surface area contributed by atoms with Gasteiger partial charge in [0.25, 0.3) is 5.91 Å². The van der Waals surface area contributed by atoms with Gasteiger partial charge in [0.05, 0.1) is 37.5 Å². The van der Waals surface area contributed by atoms with Gasteiger partial charge in [-0.15, -0.1) is 0 Å². The number of carbonyl (C=O) groups is 2. The summed E-state index contributed by atoms with van der Waals surface area (Å²) in [6.07, 6.45) is 0. The summed E-state index contributed by atoms with van der Waals surface area (Å²) in [6.45, 7) is 1.70. The fourth-order valence-corrected chi connectivity index (χ4v) is 2.96. The molecule has 0 spiro atoms. The minimum absolute atomic E-state index is 0.0829. The quantitative estimate of drug-likeness (QED) is 0.695. The zero-order valence-electron chi connectivity index (χ0n) is 16.9. The molecule has 1 N–H and O–H groups in total. The van der Waals surface area contributed by atoms with Crippen LogP contribution < -0.4 is 14.8 Å². The highest BCUT2D eigenvalue weighted by Gasteiger charge is 2.18. The lowest BCUT2D eigenvalue weighted by atomic mass is 10.1. The molecule has 7 heteroatoms. The molecule has 0 aliphatic rings. The fraction of sp³-hybridized carbons (Fsp3) is 0.227. The van der Waals surface area contributed by atoms with Crippen molar-refractivity contribution in [2.24, 2.45) is 0 Å². The molecule has 2 aromatic carbocycles. The molecule has 0 bridgehead atoms. The van der Waals surface area contributed by atoms with Crippen LogP contribution in [0.2, 0.25) is 0 Å². The van der Waals surface area contributed by atoms with Crippen LogP contribution in [-0.2, 0) is 4.79 Å². The SMILES string of the molecule is COc1ccc(NC(=O)CN(C)C(=O)c2cc3cc(OC)ccc3nc2C)cc1. The van der Waals surface area contributed by atoms with Gasteiger partial charge in [0.1, 0.15) is 11.5 Å². The van der Waals surface area contributed by atoms with E-state index in [-0.39, 0.29) is 18.4 Å². The summed E-state index contributed by atoms with van der Waals surface area (Å²) >= 11 is 0. The molecule has 3 aromatic rings. The third-order valence-electron chi connectivity index (χ3n) is 4.54. The molecule has 2 amide bonds. The van der Waals surface area contributed by atoms with E-state index >= 15 is 0 Å². The number of carbonyl (C=O) groups excluding carboxylic acids is 2. The number of methoxy groups -OCH3 is 2. The third kappa shape index (κ3) is 4.63. The van der Waals surface area contributed by atoms with Crippen LogP contribution in [0.1, 0.15) is 16.1 Å². The molecular formula is C22H23N3O4. The molecular weight excluding hydrogens is 370 g/mol. The van der Waals surface area contributed by atoms with E-state index in [0.29, 0.717) is 28.4 Å².